The van der Waals surface area contributed by atoms with E-state index in [1.54, 1.807) is 0 Å². The maximum absolute atomic E-state index is 9.88. The fourth-order valence-electron chi connectivity index (χ4n) is 0.249. The highest BCUT2D eigenvalue weighted by Gasteiger charge is 1.97. The molecule has 0 aromatic carbocycles. The molecule has 0 fully saturated rings. The van der Waals surface area contributed by atoms with Crippen LogP contribution in [0, 0.1) is 0 Å². The van der Waals surface area contributed by atoms with Gasteiger partial charge in [-0.2, -0.15) is 0 Å². The van der Waals surface area contributed by atoms with Crippen LogP contribution in [0.5, 0.6) is 0 Å². The first-order valence-corrected chi connectivity index (χ1v) is 3.42. The lowest BCUT2D eigenvalue weighted by molar-refractivity contribution is -0.114. The topological polar surface area (TPSA) is 74.3 Å². The average molecular weight is 137 g/mol. The molecule has 0 radical (unpaired) electrons. The average Bonchev–Trinajstić information content (AvgIpc) is 1.21. The van der Waals surface area contributed by atoms with Crippen molar-refractivity contribution in [3.8, 4) is 0 Å². The zero-order chi connectivity index (χ0) is 6.78. The van der Waals surface area contributed by atoms with Crippen LogP contribution >= 0.6 is 0 Å². The van der Waals surface area contributed by atoms with Crippen molar-refractivity contribution >= 4 is 15.9 Å². The molecule has 0 aromatic rings. The van der Waals surface area contributed by atoms with Crippen LogP contribution in [0.3, 0.4) is 0 Å². The van der Waals surface area contributed by atoms with Crippen molar-refractivity contribution in [2.24, 2.45) is 0 Å². The molecule has 5 heteroatoms. The molecule has 4 nitrogen and oxygen atoms in total. The van der Waals surface area contributed by atoms with Crippen LogP contribution in [0.15, 0.2) is 0 Å². The summed E-state index contributed by atoms with van der Waals surface area (Å²) in [5.41, 5.74) is 0. The minimum Gasteiger partial charge on any atom is -0.748 e. The van der Waals surface area contributed by atoms with E-state index >= 15 is 0 Å². The molecule has 0 unspecified atom stereocenters. The zero-order valence-electron chi connectivity index (χ0n) is 4.25. The monoisotopic (exact) mass is 137 g/mol. The van der Waals surface area contributed by atoms with E-state index < -0.39 is 21.7 Å². The second kappa shape index (κ2) is 2.23. The van der Waals surface area contributed by atoms with Crippen molar-refractivity contribution in [1.29, 1.82) is 0 Å². The Balaban J connectivity index is 3.95. The van der Waals surface area contributed by atoms with Gasteiger partial charge in [0.1, 0.15) is 15.9 Å². The third-order valence-electron chi connectivity index (χ3n) is 0.380. The van der Waals surface area contributed by atoms with Crippen LogP contribution < -0.4 is 0 Å². The molecule has 0 saturated heterocycles. The predicted octanol–water partition coefficient (Wildman–Crippen LogP) is -0.879. The van der Waals surface area contributed by atoms with Crippen molar-refractivity contribution in [1.82, 2.24) is 0 Å². The van der Waals surface area contributed by atoms with E-state index in [0.29, 0.717) is 0 Å². The van der Waals surface area contributed by atoms with E-state index in [4.69, 9.17) is 0 Å². The molecule has 8 heavy (non-hydrogen) atoms. The largest absolute Gasteiger partial charge is 0.748 e. The molecule has 0 amide bonds. The normalized spacial score (nSPS) is 11.2. The lowest BCUT2D eigenvalue weighted by atomic mass is 10.5. The fourth-order valence-corrected chi connectivity index (χ4v) is 0.747. The molecule has 0 spiro atoms. The fraction of sp³-hybridized carbons (Fsp3) is 0.667. The number of hydrogen-bond donors (Lipinski definition) is 0. The summed E-state index contributed by atoms with van der Waals surface area (Å²) in [7, 11) is -4.32. The van der Waals surface area contributed by atoms with Crippen LogP contribution in [0.4, 0.5) is 0 Å². The van der Waals surface area contributed by atoms with Gasteiger partial charge < -0.3 is 4.55 Å². The first-order chi connectivity index (χ1) is 3.42. The van der Waals surface area contributed by atoms with Gasteiger partial charge in [0.2, 0.25) is 0 Å². The summed E-state index contributed by atoms with van der Waals surface area (Å²) in [5, 5.41) is 0. The third kappa shape index (κ3) is 5.58. The minimum atomic E-state index is -4.32. The maximum Gasteiger partial charge on any atom is 0.143 e. The predicted molar refractivity (Wildman–Crippen MR) is 25.2 cm³/mol. The first-order valence-electron chi connectivity index (χ1n) is 1.85. The van der Waals surface area contributed by atoms with Crippen molar-refractivity contribution in [2.45, 2.75) is 6.92 Å². The Morgan fingerprint density at radius 2 is 2.00 bits per heavy atom. The van der Waals surface area contributed by atoms with Gasteiger partial charge in [0.25, 0.3) is 0 Å². The summed E-state index contributed by atoms with van der Waals surface area (Å²) >= 11 is 0. The molecule has 0 atom stereocenters. The molecule has 0 bridgehead atoms. The Bertz CT molecular complexity index is 177. The third-order valence-corrected chi connectivity index (χ3v) is 1.14. The molecular formula is C3H5O4S-. The first kappa shape index (κ1) is 7.58. The zero-order valence-corrected chi connectivity index (χ0v) is 5.06. The Morgan fingerprint density at radius 1 is 1.62 bits per heavy atom. The molecule has 0 aliphatic rings. The quantitative estimate of drug-likeness (QED) is 0.463. The van der Waals surface area contributed by atoms with Crippen LogP contribution in [0.25, 0.3) is 0 Å². The summed E-state index contributed by atoms with van der Waals surface area (Å²) in [6, 6.07) is 0. The number of Topliss-reactive ketones (excluding diaryl/α,β-unsaturated/α-hetero) is 1. The summed E-state index contributed by atoms with van der Waals surface area (Å²) in [6.45, 7) is 1.05. The lowest BCUT2D eigenvalue weighted by Gasteiger charge is -2.00. The molecule has 0 saturated carbocycles. The van der Waals surface area contributed by atoms with Crippen molar-refractivity contribution in [3.05, 3.63) is 0 Å². The summed E-state index contributed by atoms with van der Waals surface area (Å²) in [6.07, 6.45) is 0. The van der Waals surface area contributed by atoms with Crippen LogP contribution in [0.2, 0.25) is 0 Å². The molecule has 48 valence electrons. The lowest BCUT2D eigenvalue weighted by Crippen LogP contribution is -2.11. The molecular weight excluding hydrogens is 132 g/mol. The number of rotatable bonds is 2. The summed E-state index contributed by atoms with van der Waals surface area (Å²) in [5.74, 6) is -1.52. The second-order valence-corrected chi connectivity index (χ2v) is 2.81. The van der Waals surface area contributed by atoms with E-state index in [9.17, 15) is 17.8 Å². The van der Waals surface area contributed by atoms with Crippen LogP contribution in [-0.4, -0.2) is 24.5 Å². The Hall–Kier alpha value is -0.420. The highest BCUT2D eigenvalue weighted by molar-refractivity contribution is 7.86. The molecule has 0 heterocycles. The summed E-state index contributed by atoms with van der Waals surface area (Å²) < 4.78 is 29.0. The number of hydrogen-bond acceptors (Lipinski definition) is 4. The van der Waals surface area contributed by atoms with Gasteiger partial charge in [0.15, 0.2) is 0 Å². The standard InChI is InChI=1S/C3H6O4S/c1-3(4)2-8(5,6)7/h2H2,1H3,(H,5,6,7)/p-1. The van der Waals surface area contributed by atoms with Gasteiger partial charge in [-0.05, 0) is 6.92 Å². The highest BCUT2D eigenvalue weighted by atomic mass is 32.2. The van der Waals surface area contributed by atoms with Gasteiger partial charge in [0.05, 0.1) is 5.75 Å². The number of ketones is 1. The van der Waals surface area contributed by atoms with Gasteiger partial charge in [-0.15, -0.1) is 0 Å². The van der Waals surface area contributed by atoms with Crippen LogP contribution in [-0.2, 0) is 14.9 Å². The van der Waals surface area contributed by atoms with E-state index in [1.807, 2.05) is 0 Å². The summed E-state index contributed by atoms with van der Waals surface area (Å²) in [4.78, 5) is 9.88. The number of carbonyl (C=O) groups excluding carboxylic acids is 1. The van der Waals surface area contributed by atoms with Gasteiger partial charge in [-0.3, -0.25) is 4.79 Å². The van der Waals surface area contributed by atoms with Gasteiger partial charge in [-0.1, -0.05) is 0 Å². The maximum atomic E-state index is 9.88. The highest BCUT2D eigenvalue weighted by Crippen LogP contribution is 1.80. The van der Waals surface area contributed by atoms with E-state index in [2.05, 4.69) is 0 Å². The molecule has 0 aromatic heterocycles. The van der Waals surface area contributed by atoms with Gasteiger partial charge in [0, 0.05) is 0 Å². The molecule has 0 N–H and O–H groups in total. The minimum absolute atomic E-state index is 0.625. The van der Waals surface area contributed by atoms with Crippen molar-refractivity contribution < 1.29 is 17.8 Å². The Labute approximate surface area is 47.3 Å². The van der Waals surface area contributed by atoms with Crippen LogP contribution in [0.1, 0.15) is 6.92 Å². The van der Waals surface area contributed by atoms with Crippen molar-refractivity contribution in [3.63, 3.8) is 0 Å². The Morgan fingerprint density at radius 3 is 2.00 bits per heavy atom. The molecule has 0 rings (SSSR count). The van der Waals surface area contributed by atoms with Gasteiger partial charge in [-0.25, -0.2) is 8.42 Å². The molecule has 0 aliphatic carbocycles. The van der Waals surface area contributed by atoms with Gasteiger partial charge >= 0.3 is 0 Å². The van der Waals surface area contributed by atoms with E-state index in [1.165, 1.54) is 0 Å². The smallest absolute Gasteiger partial charge is 0.143 e. The van der Waals surface area contributed by atoms with E-state index in [0.717, 1.165) is 6.92 Å². The van der Waals surface area contributed by atoms with Crippen molar-refractivity contribution in [2.75, 3.05) is 5.75 Å². The number of carbonyl (C=O) groups is 1. The molecule has 0 aliphatic heterocycles. The Kier molecular flexibility index (Phi) is 2.12. The van der Waals surface area contributed by atoms with E-state index in [-0.39, 0.29) is 0 Å². The second-order valence-electron chi connectivity index (χ2n) is 1.40. The SMILES string of the molecule is CC(=O)CS(=O)(=O)[O-].